The Labute approximate surface area is 168 Å². The van der Waals surface area contributed by atoms with Gasteiger partial charge in [-0.2, -0.15) is 0 Å². The zero-order valence-electron chi connectivity index (χ0n) is 16.5. The monoisotopic (exact) mass is 393 g/mol. The summed E-state index contributed by atoms with van der Waals surface area (Å²) in [6, 6.07) is 10.2. The van der Waals surface area contributed by atoms with Gasteiger partial charge in [0.1, 0.15) is 17.0 Å². The summed E-state index contributed by atoms with van der Waals surface area (Å²) in [7, 11) is 3.77. The SMILES string of the molecule is COc1ccc(CN(C)Cc2nc(-c3sccc3C)oc2C)c2cccnc12. The first kappa shape index (κ1) is 18.7. The molecule has 0 aliphatic rings. The van der Waals surface area contributed by atoms with Crippen LogP contribution in [0.3, 0.4) is 0 Å². The van der Waals surface area contributed by atoms with E-state index in [1.165, 1.54) is 11.1 Å². The maximum absolute atomic E-state index is 5.94. The van der Waals surface area contributed by atoms with E-state index in [2.05, 4.69) is 47.4 Å². The normalized spacial score (nSPS) is 11.5. The van der Waals surface area contributed by atoms with Crippen LogP contribution >= 0.6 is 11.3 Å². The average molecular weight is 394 g/mol. The first-order valence-electron chi connectivity index (χ1n) is 9.16. The van der Waals surface area contributed by atoms with Gasteiger partial charge in [-0.3, -0.25) is 9.88 Å². The molecule has 28 heavy (non-hydrogen) atoms. The molecule has 0 saturated heterocycles. The smallest absolute Gasteiger partial charge is 0.237 e. The number of fused-ring (bicyclic) bond motifs is 1. The number of benzene rings is 1. The molecule has 0 aliphatic carbocycles. The summed E-state index contributed by atoms with van der Waals surface area (Å²) < 4.78 is 11.4. The van der Waals surface area contributed by atoms with Crippen LogP contribution in [0.15, 0.2) is 46.3 Å². The fourth-order valence-corrected chi connectivity index (χ4v) is 4.22. The molecule has 0 radical (unpaired) electrons. The third kappa shape index (κ3) is 3.53. The molecule has 4 aromatic rings. The summed E-state index contributed by atoms with van der Waals surface area (Å²) >= 11 is 1.66. The number of aromatic nitrogens is 2. The van der Waals surface area contributed by atoms with E-state index in [4.69, 9.17) is 14.1 Å². The predicted molar refractivity (Wildman–Crippen MR) is 113 cm³/mol. The van der Waals surface area contributed by atoms with Gasteiger partial charge in [0.25, 0.3) is 0 Å². The summed E-state index contributed by atoms with van der Waals surface area (Å²) in [5, 5.41) is 3.18. The van der Waals surface area contributed by atoms with Gasteiger partial charge in [-0.15, -0.1) is 11.3 Å². The Morgan fingerprint density at radius 2 is 2.00 bits per heavy atom. The van der Waals surface area contributed by atoms with Crippen molar-refractivity contribution in [2.24, 2.45) is 0 Å². The summed E-state index contributed by atoms with van der Waals surface area (Å²) in [6.45, 7) is 5.56. The van der Waals surface area contributed by atoms with Crippen LogP contribution in [-0.4, -0.2) is 29.0 Å². The molecule has 3 aromatic heterocycles. The van der Waals surface area contributed by atoms with Crippen LogP contribution in [0.5, 0.6) is 5.75 Å². The second-order valence-electron chi connectivity index (χ2n) is 6.95. The lowest BCUT2D eigenvalue weighted by molar-refractivity contribution is 0.314. The van der Waals surface area contributed by atoms with E-state index < -0.39 is 0 Å². The van der Waals surface area contributed by atoms with Crippen molar-refractivity contribution in [2.75, 3.05) is 14.2 Å². The summed E-state index contributed by atoms with van der Waals surface area (Å²) in [6.07, 6.45) is 1.80. The van der Waals surface area contributed by atoms with Gasteiger partial charge < -0.3 is 9.15 Å². The van der Waals surface area contributed by atoms with E-state index in [0.29, 0.717) is 12.4 Å². The summed E-state index contributed by atoms with van der Waals surface area (Å²) in [5.41, 5.74) is 4.27. The minimum absolute atomic E-state index is 0.715. The van der Waals surface area contributed by atoms with Crippen LogP contribution in [0.1, 0.15) is 22.6 Å². The highest BCUT2D eigenvalue weighted by atomic mass is 32.1. The molecule has 0 bridgehead atoms. The van der Waals surface area contributed by atoms with Crippen molar-refractivity contribution in [2.45, 2.75) is 26.9 Å². The number of oxazole rings is 1. The van der Waals surface area contributed by atoms with Crippen molar-refractivity contribution < 1.29 is 9.15 Å². The Morgan fingerprint density at radius 3 is 2.75 bits per heavy atom. The lowest BCUT2D eigenvalue weighted by atomic mass is 10.1. The Balaban J connectivity index is 1.56. The zero-order chi connectivity index (χ0) is 19.7. The molecule has 0 spiro atoms. The van der Waals surface area contributed by atoms with Gasteiger partial charge in [0.2, 0.25) is 5.89 Å². The minimum Gasteiger partial charge on any atom is -0.494 e. The molecule has 0 fully saturated rings. The number of hydrogen-bond donors (Lipinski definition) is 0. The number of ether oxygens (including phenoxy) is 1. The molecular formula is C22H23N3O2S. The van der Waals surface area contributed by atoms with Gasteiger partial charge in [0.15, 0.2) is 0 Å². The van der Waals surface area contributed by atoms with Crippen LogP contribution in [0.2, 0.25) is 0 Å². The molecule has 1 aromatic carbocycles. The third-order valence-corrected chi connectivity index (χ3v) is 5.86. The molecule has 6 heteroatoms. The average Bonchev–Trinajstić information content (AvgIpc) is 3.27. The second-order valence-corrected chi connectivity index (χ2v) is 7.87. The highest BCUT2D eigenvalue weighted by molar-refractivity contribution is 7.13. The number of aryl methyl sites for hydroxylation is 2. The molecule has 0 unspecified atom stereocenters. The van der Waals surface area contributed by atoms with Gasteiger partial charge >= 0.3 is 0 Å². The van der Waals surface area contributed by atoms with E-state index in [1.54, 1.807) is 24.6 Å². The predicted octanol–water partition coefficient (Wildman–Crippen LogP) is 5.21. The van der Waals surface area contributed by atoms with Crippen molar-refractivity contribution in [3.8, 4) is 16.5 Å². The highest BCUT2D eigenvalue weighted by Gasteiger charge is 2.16. The molecule has 3 heterocycles. The van der Waals surface area contributed by atoms with E-state index in [9.17, 15) is 0 Å². The fraction of sp³-hybridized carbons (Fsp3) is 0.273. The van der Waals surface area contributed by atoms with Gasteiger partial charge in [-0.1, -0.05) is 12.1 Å². The Bertz CT molecular complexity index is 1120. The van der Waals surface area contributed by atoms with Crippen molar-refractivity contribution in [1.29, 1.82) is 0 Å². The number of pyridine rings is 1. The van der Waals surface area contributed by atoms with Crippen LogP contribution in [0.4, 0.5) is 0 Å². The number of rotatable bonds is 6. The molecule has 0 atom stereocenters. The number of nitrogens with zero attached hydrogens (tertiary/aromatic N) is 3. The number of methoxy groups -OCH3 is 1. The second kappa shape index (κ2) is 7.73. The third-order valence-electron chi connectivity index (χ3n) is 4.85. The Kier molecular flexibility index (Phi) is 5.15. The molecule has 0 saturated carbocycles. The van der Waals surface area contributed by atoms with Crippen LogP contribution in [-0.2, 0) is 13.1 Å². The first-order chi connectivity index (χ1) is 13.6. The van der Waals surface area contributed by atoms with Gasteiger partial charge in [-0.25, -0.2) is 4.98 Å². The van der Waals surface area contributed by atoms with E-state index in [-0.39, 0.29) is 0 Å². The molecule has 5 nitrogen and oxygen atoms in total. The molecule has 4 rings (SSSR count). The van der Waals surface area contributed by atoms with Crippen LogP contribution in [0, 0.1) is 13.8 Å². The van der Waals surface area contributed by atoms with Crippen molar-refractivity contribution in [3.63, 3.8) is 0 Å². The maximum Gasteiger partial charge on any atom is 0.237 e. The number of thiophene rings is 1. The lowest BCUT2D eigenvalue weighted by Gasteiger charge is -2.17. The molecule has 0 amide bonds. The van der Waals surface area contributed by atoms with Crippen LogP contribution in [0.25, 0.3) is 21.7 Å². The first-order valence-corrected chi connectivity index (χ1v) is 10.0. The Hall–Kier alpha value is -2.70. The molecule has 0 N–H and O–H groups in total. The lowest BCUT2D eigenvalue weighted by Crippen LogP contribution is -2.18. The molecule has 144 valence electrons. The topological polar surface area (TPSA) is 51.4 Å². The van der Waals surface area contributed by atoms with Crippen molar-refractivity contribution in [1.82, 2.24) is 14.9 Å². The van der Waals surface area contributed by atoms with Crippen LogP contribution < -0.4 is 4.74 Å². The standard InChI is InChI=1S/C22H23N3O2S/c1-14-9-11-28-21(14)22-24-18(15(2)27-22)13-25(3)12-16-7-8-19(26-4)20-17(16)6-5-10-23-20/h5-11H,12-13H2,1-4H3. The largest absolute Gasteiger partial charge is 0.494 e. The van der Waals surface area contributed by atoms with Gasteiger partial charge in [-0.05, 0) is 55.6 Å². The maximum atomic E-state index is 5.94. The zero-order valence-corrected chi connectivity index (χ0v) is 17.3. The van der Waals surface area contributed by atoms with E-state index in [0.717, 1.165) is 39.5 Å². The summed E-state index contributed by atoms with van der Waals surface area (Å²) in [5.74, 6) is 2.38. The van der Waals surface area contributed by atoms with Crippen molar-refractivity contribution >= 4 is 22.2 Å². The van der Waals surface area contributed by atoms with Gasteiger partial charge in [0.05, 0.1) is 17.7 Å². The quantitative estimate of drug-likeness (QED) is 0.450. The number of hydrogen-bond acceptors (Lipinski definition) is 6. The summed E-state index contributed by atoms with van der Waals surface area (Å²) in [4.78, 5) is 12.6. The minimum atomic E-state index is 0.715. The van der Waals surface area contributed by atoms with E-state index >= 15 is 0 Å². The Morgan fingerprint density at radius 1 is 1.14 bits per heavy atom. The molecule has 0 aliphatic heterocycles. The van der Waals surface area contributed by atoms with Gasteiger partial charge in [0, 0.05) is 24.7 Å². The molecular weight excluding hydrogens is 370 g/mol. The van der Waals surface area contributed by atoms with E-state index in [1.807, 2.05) is 19.1 Å². The fourth-order valence-electron chi connectivity index (χ4n) is 3.37. The van der Waals surface area contributed by atoms with Crippen molar-refractivity contribution in [3.05, 3.63) is 64.5 Å². The highest BCUT2D eigenvalue weighted by Crippen LogP contribution is 2.31.